The minimum absolute atomic E-state index is 0.134. The molecule has 2 aromatic heterocycles. The Bertz CT molecular complexity index is 886. The lowest BCUT2D eigenvalue weighted by Crippen LogP contribution is -2.26. The van der Waals surface area contributed by atoms with Crippen molar-refractivity contribution in [2.24, 2.45) is 0 Å². The lowest BCUT2D eigenvalue weighted by molar-refractivity contribution is 0.0770. The van der Waals surface area contributed by atoms with E-state index in [2.05, 4.69) is 20.9 Å². The van der Waals surface area contributed by atoms with Gasteiger partial charge in [-0.25, -0.2) is 4.98 Å². The van der Waals surface area contributed by atoms with Gasteiger partial charge in [-0.05, 0) is 66.2 Å². The SMILES string of the molecule is CC(C)Oc1ccc(-c2nc(C(=O)N(C)Cc3ccc(Br)o3)cs2)cc1. The molecule has 5 nitrogen and oxygen atoms in total. The van der Waals surface area contributed by atoms with Crippen molar-refractivity contribution in [3.8, 4) is 16.3 Å². The molecule has 0 fully saturated rings. The third-order valence-electron chi connectivity index (χ3n) is 3.56. The van der Waals surface area contributed by atoms with Crippen LogP contribution in [0.5, 0.6) is 5.75 Å². The maximum atomic E-state index is 12.6. The number of hydrogen-bond donors (Lipinski definition) is 0. The van der Waals surface area contributed by atoms with Gasteiger partial charge < -0.3 is 14.1 Å². The summed E-state index contributed by atoms with van der Waals surface area (Å²) < 4.78 is 11.7. The van der Waals surface area contributed by atoms with Gasteiger partial charge in [0.1, 0.15) is 22.2 Å². The first kappa shape index (κ1) is 18.7. The molecule has 0 spiro atoms. The molecule has 3 rings (SSSR count). The number of rotatable bonds is 6. The second kappa shape index (κ2) is 8.05. The van der Waals surface area contributed by atoms with Crippen LogP contribution in [0.2, 0.25) is 0 Å². The summed E-state index contributed by atoms with van der Waals surface area (Å²) in [6, 6.07) is 11.4. The number of nitrogens with zero attached hydrogens (tertiary/aromatic N) is 2. The van der Waals surface area contributed by atoms with Crippen LogP contribution in [-0.4, -0.2) is 28.9 Å². The van der Waals surface area contributed by atoms with Crippen LogP contribution in [-0.2, 0) is 6.54 Å². The van der Waals surface area contributed by atoms with Crippen molar-refractivity contribution in [2.75, 3.05) is 7.05 Å². The van der Waals surface area contributed by atoms with Gasteiger partial charge in [0.05, 0.1) is 12.6 Å². The number of hydrogen-bond acceptors (Lipinski definition) is 5. The number of aromatic nitrogens is 1. The van der Waals surface area contributed by atoms with Gasteiger partial charge in [-0.15, -0.1) is 11.3 Å². The van der Waals surface area contributed by atoms with E-state index in [-0.39, 0.29) is 12.0 Å². The maximum Gasteiger partial charge on any atom is 0.273 e. The van der Waals surface area contributed by atoms with Crippen molar-refractivity contribution in [3.63, 3.8) is 0 Å². The van der Waals surface area contributed by atoms with Crippen LogP contribution in [0.4, 0.5) is 0 Å². The van der Waals surface area contributed by atoms with E-state index < -0.39 is 0 Å². The number of benzene rings is 1. The Labute approximate surface area is 164 Å². The first-order chi connectivity index (χ1) is 12.4. The zero-order valence-electron chi connectivity index (χ0n) is 14.7. The number of thiazole rings is 1. The summed E-state index contributed by atoms with van der Waals surface area (Å²) in [5.41, 5.74) is 1.39. The minimum atomic E-state index is -0.139. The van der Waals surface area contributed by atoms with Crippen molar-refractivity contribution >= 4 is 33.2 Å². The number of carbonyl (C=O) groups excluding carboxylic acids is 1. The summed E-state index contributed by atoms with van der Waals surface area (Å²) in [5, 5.41) is 2.59. The number of furan rings is 1. The fraction of sp³-hybridized carbons (Fsp3) is 0.263. The van der Waals surface area contributed by atoms with Crippen LogP contribution in [0.1, 0.15) is 30.1 Å². The van der Waals surface area contributed by atoms with Gasteiger partial charge in [-0.3, -0.25) is 4.79 Å². The molecule has 0 saturated heterocycles. The molecule has 136 valence electrons. The average Bonchev–Trinajstić information content (AvgIpc) is 3.23. The van der Waals surface area contributed by atoms with Crippen molar-refractivity contribution in [2.45, 2.75) is 26.5 Å². The molecule has 0 aliphatic carbocycles. The third kappa shape index (κ3) is 4.53. The first-order valence-corrected chi connectivity index (χ1v) is 9.82. The first-order valence-electron chi connectivity index (χ1n) is 8.14. The van der Waals surface area contributed by atoms with Crippen LogP contribution in [0.15, 0.2) is 50.9 Å². The van der Waals surface area contributed by atoms with Crippen LogP contribution >= 0.6 is 27.3 Å². The number of carbonyl (C=O) groups is 1. The molecule has 0 aliphatic rings. The van der Waals surface area contributed by atoms with Gasteiger partial charge in [0.15, 0.2) is 4.67 Å². The van der Waals surface area contributed by atoms with E-state index in [1.807, 2.05) is 44.2 Å². The van der Waals surface area contributed by atoms with Gasteiger partial charge in [0, 0.05) is 18.0 Å². The Hall–Kier alpha value is -2.12. The predicted molar refractivity (Wildman–Crippen MR) is 106 cm³/mol. The van der Waals surface area contributed by atoms with Crippen molar-refractivity contribution < 1.29 is 13.9 Å². The summed E-state index contributed by atoms with van der Waals surface area (Å²) >= 11 is 4.71. The van der Waals surface area contributed by atoms with Gasteiger partial charge in [0.2, 0.25) is 0 Å². The van der Waals surface area contributed by atoms with E-state index in [9.17, 15) is 4.79 Å². The molecular formula is C19H19BrN2O3S. The molecule has 0 radical (unpaired) electrons. The van der Waals surface area contributed by atoms with E-state index in [1.165, 1.54) is 11.3 Å². The smallest absolute Gasteiger partial charge is 0.273 e. The minimum Gasteiger partial charge on any atom is -0.491 e. The molecule has 0 aliphatic heterocycles. The maximum absolute atomic E-state index is 12.6. The number of ether oxygens (including phenoxy) is 1. The summed E-state index contributed by atoms with van der Waals surface area (Å²) in [7, 11) is 1.73. The highest BCUT2D eigenvalue weighted by atomic mass is 79.9. The standard InChI is InChI=1S/C19H19BrN2O3S/c1-12(2)24-14-6-4-13(5-7-14)18-21-16(11-26-18)19(23)22(3)10-15-8-9-17(20)25-15/h4-9,11-12H,10H2,1-3H3. The van der Waals surface area contributed by atoms with E-state index >= 15 is 0 Å². The largest absolute Gasteiger partial charge is 0.491 e. The van der Waals surface area contributed by atoms with Gasteiger partial charge >= 0.3 is 0 Å². The highest BCUT2D eigenvalue weighted by Gasteiger charge is 2.17. The quantitative estimate of drug-likeness (QED) is 0.533. The normalized spacial score (nSPS) is 11.0. The Morgan fingerprint density at radius 1 is 1.27 bits per heavy atom. The third-order valence-corrected chi connectivity index (χ3v) is 4.88. The van der Waals surface area contributed by atoms with Crippen molar-refractivity contribution in [1.82, 2.24) is 9.88 Å². The van der Waals surface area contributed by atoms with Crippen molar-refractivity contribution in [1.29, 1.82) is 0 Å². The van der Waals surface area contributed by atoms with Gasteiger partial charge in [-0.2, -0.15) is 0 Å². The molecule has 3 aromatic rings. The highest BCUT2D eigenvalue weighted by Crippen LogP contribution is 2.26. The van der Waals surface area contributed by atoms with Crippen LogP contribution in [0.3, 0.4) is 0 Å². The average molecular weight is 435 g/mol. The van der Waals surface area contributed by atoms with E-state index in [0.717, 1.165) is 16.3 Å². The van der Waals surface area contributed by atoms with E-state index in [4.69, 9.17) is 9.15 Å². The summed E-state index contributed by atoms with van der Waals surface area (Å²) in [6.45, 7) is 4.37. The molecule has 0 unspecified atom stereocenters. The second-order valence-corrected chi connectivity index (χ2v) is 7.74. The molecule has 2 heterocycles. The number of halogens is 1. The van der Waals surface area contributed by atoms with Crippen LogP contribution in [0.25, 0.3) is 10.6 Å². The second-order valence-electron chi connectivity index (χ2n) is 6.10. The molecule has 0 N–H and O–H groups in total. The summed E-state index contributed by atoms with van der Waals surface area (Å²) in [4.78, 5) is 18.6. The summed E-state index contributed by atoms with van der Waals surface area (Å²) in [6.07, 6.45) is 0.134. The van der Waals surface area contributed by atoms with Gasteiger partial charge in [-0.1, -0.05) is 0 Å². The molecule has 0 bridgehead atoms. The molecule has 0 atom stereocenters. The van der Waals surface area contributed by atoms with Crippen LogP contribution < -0.4 is 4.74 Å². The summed E-state index contributed by atoms with van der Waals surface area (Å²) in [5.74, 6) is 1.39. The molecule has 0 saturated carbocycles. The molecule has 7 heteroatoms. The fourth-order valence-corrected chi connectivity index (χ4v) is 3.53. The Kier molecular flexibility index (Phi) is 5.78. The lowest BCUT2D eigenvalue weighted by atomic mass is 10.2. The Balaban J connectivity index is 1.69. The molecule has 1 aromatic carbocycles. The number of amides is 1. The highest BCUT2D eigenvalue weighted by molar-refractivity contribution is 9.10. The predicted octanol–water partition coefficient (Wildman–Crippen LogP) is 5.23. The lowest BCUT2D eigenvalue weighted by Gasteiger charge is -2.13. The molecule has 1 amide bonds. The molecule has 26 heavy (non-hydrogen) atoms. The van der Waals surface area contributed by atoms with E-state index in [0.29, 0.717) is 22.7 Å². The fourth-order valence-electron chi connectivity index (χ4n) is 2.39. The Morgan fingerprint density at radius 2 is 2.00 bits per heavy atom. The zero-order valence-corrected chi connectivity index (χ0v) is 17.1. The zero-order chi connectivity index (χ0) is 18.7. The van der Waals surface area contributed by atoms with Crippen LogP contribution in [0, 0.1) is 0 Å². The molecular weight excluding hydrogens is 416 g/mol. The van der Waals surface area contributed by atoms with Gasteiger partial charge in [0.25, 0.3) is 5.91 Å². The van der Waals surface area contributed by atoms with E-state index in [1.54, 1.807) is 23.4 Å². The Morgan fingerprint density at radius 3 is 2.62 bits per heavy atom. The topological polar surface area (TPSA) is 55.6 Å². The monoisotopic (exact) mass is 434 g/mol. The van der Waals surface area contributed by atoms with Crippen molar-refractivity contribution in [3.05, 3.63) is 57.9 Å².